The van der Waals surface area contributed by atoms with Crippen LogP contribution < -0.4 is 16.0 Å². The number of aliphatic imine (C=N–C) groups is 1. The van der Waals surface area contributed by atoms with Gasteiger partial charge in [-0.15, -0.1) is 0 Å². The van der Waals surface area contributed by atoms with Crippen molar-refractivity contribution in [3.05, 3.63) is 0 Å². The van der Waals surface area contributed by atoms with Gasteiger partial charge in [0.2, 0.25) is 5.91 Å². The van der Waals surface area contributed by atoms with E-state index < -0.39 is 15.5 Å². The third-order valence-electron chi connectivity index (χ3n) is 4.80. The van der Waals surface area contributed by atoms with Gasteiger partial charge in [-0.1, -0.05) is 0 Å². The zero-order valence-electron chi connectivity index (χ0n) is 15.9. The Morgan fingerprint density at radius 3 is 2.32 bits per heavy atom. The summed E-state index contributed by atoms with van der Waals surface area (Å²) in [7, 11) is -3.64. The fraction of sp³-hybridized carbons (Fsp3) is 0.875. The van der Waals surface area contributed by atoms with Crippen LogP contribution in [0.15, 0.2) is 4.99 Å². The van der Waals surface area contributed by atoms with Crippen LogP contribution in [0.5, 0.6) is 0 Å². The van der Waals surface area contributed by atoms with E-state index in [1.165, 1.54) is 0 Å². The number of hydrogen-bond acceptors (Lipinski definition) is 4. The van der Waals surface area contributed by atoms with Crippen LogP contribution in [0.4, 0.5) is 13.2 Å². The molecule has 2 rings (SSSR count). The second kappa shape index (κ2) is 9.77. The first-order chi connectivity index (χ1) is 13.1. The van der Waals surface area contributed by atoms with Crippen molar-refractivity contribution in [3.8, 4) is 0 Å². The summed E-state index contributed by atoms with van der Waals surface area (Å²) in [6.45, 7) is 0.772. The molecule has 12 heteroatoms. The molecule has 0 aromatic carbocycles. The van der Waals surface area contributed by atoms with Gasteiger partial charge < -0.3 is 16.0 Å². The number of carbonyl (C=O) groups is 1. The predicted molar refractivity (Wildman–Crippen MR) is 99.0 cm³/mol. The maximum absolute atomic E-state index is 12.6. The van der Waals surface area contributed by atoms with E-state index in [9.17, 15) is 26.4 Å². The minimum atomic E-state index is -5.25. The Morgan fingerprint density at radius 1 is 1.14 bits per heavy atom. The molecule has 0 radical (unpaired) electrons. The van der Waals surface area contributed by atoms with Crippen LogP contribution in [0, 0.1) is 5.92 Å². The van der Waals surface area contributed by atoms with E-state index in [0.717, 1.165) is 12.8 Å². The van der Waals surface area contributed by atoms with Gasteiger partial charge in [0.25, 0.3) is 0 Å². The van der Waals surface area contributed by atoms with Gasteiger partial charge in [-0.05, 0) is 38.0 Å². The molecule has 1 saturated heterocycles. The zero-order chi connectivity index (χ0) is 20.8. The Balaban J connectivity index is 1.62. The maximum atomic E-state index is 12.6. The first-order valence-electron chi connectivity index (χ1n) is 9.43. The van der Waals surface area contributed by atoms with Crippen molar-refractivity contribution in [1.29, 1.82) is 0 Å². The minimum absolute atomic E-state index is 0.0489. The van der Waals surface area contributed by atoms with E-state index in [1.54, 1.807) is 7.05 Å². The quantitative estimate of drug-likeness (QED) is 0.302. The van der Waals surface area contributed by atoms with E-state index in [-0.39, 0.29) is 24.9 Å². The Hall–Kier alpha value is -1.56. The molecule has 2 fully saturated rings. The molecule has 0 aromatic rings. The van der Waals surface area contributed by atoms with Crippen molar-refractivity contribution >= 4 is 21.9 Å². The fourth-order valence-electron chi connectivity index (χ4n) is 2.95. The van der Waals surface area contributed by atoms with Crippen LogP contribution in [0.2, 0.25) is 0 Å². The lowest BCUT2D eigenvalue weighted by molar-refractivity contribution is -0.121. The second-order valence-electron chi connectivity index (χ2n) is 7.12. The number of alkyl halides is 3. The summed E-state index contributed by atoms with van der Waals surface area (Å²) in [6, 6.07) is 0.354. The van der Waals surface area contributed by atoms with Crippen molar-refractivity contribution in [3.63, 3.8) is 0 Å². The number of nitrogens with zero attached hydrogens (tertiary/aromatic N) is 2. The van der Waals surface area contributed by atoms with Crippen molar-refractivity contribution in [2.45, 2.75) is 50.1 Å². The lowest BCUT2D eigenvalue weighted by atomic mass is 9.98. The van der Waals surface area contributed by atoms with Gasteiger partial charge in [0.1, 0.15) is 0 Å². The van der Waals surface area contributed by atoms with Crippen LogP contribution in [0.1, 0.15) is 38.5 Å². The van der Waals surface area contributed by atoms with Gasteiger partial charge in [0.15, 0.2) is 5.96 Å². The summed E-state index contributed by atoms with van der Waals surface area (Å²) in [6.07, 6.45) is 3.91. The summed E-state index contributed by atoms with van der Waals surface area (Å²) < 4.78 is 61.1. The van der Waals surface area contributed by atoms with E-state index in [4.69, 9.17) is 0 Å². The highest BCUT2D eigenvalue weighted by Crippen LogP contribution is 2.30. The molecule has 0 aromatic heterocycles. The normalized spacial score (nSPS) is 20.1. The third-order valence-corrected chi connectivity index (χ3v) is 6.43. The van der Waals surface area contributed by atoms with E-state index in [0.29, 0.717) is 55.1 Å². The van der Waals surface area contributed by atoms with Crippen molar-refractivity contribution in [1.82, 2.24) is 20.3 Å². The molecule has 1 saturated carbocycles. The third kappa shape index (κ3) is 6.80. The molecule has 0 spiro atoms. The minimum Gasteiger partial charge on any atom is -0.356 e. The predicted octanol–water partition coefficient (Wildman–Crippen LogP) is 0.772. The molecule has 8 nitrogen and oxygen atoms in total. The molecule has 1 aliphatic carbocycles. The topological polar surface area (TPSA) is 103 Å². The second-order valence-corrected chi connectivity index (χ2v) is 9.05. The number of piperidine rings is 1. The lowest BCUT2D eigenvalue weighted by Crippen LogP contribution is -2.47. The van der Waals surface area contributed by atoms with Crippen LogP contribution in [-0.4, -0.2) is 69.4 Å². The van der Waals surface area contributed by atoms with E-state index in [2.05, 4.69) is 20.9 Å². The Kier molecular flexibility index (Phi) is 7.93. The molecule has 1 aliphatic heterocycles. The molecule has 0 atom stereocenters. The summed E-state index contributed by atoms with van der Waals surface area (Å²) in [5.74, 6) is 0.656. The summed E-state index contributed by atoms with van der Waals surface area (Å²) >= 11 is 0. The Labute approximate surface area is 163 Å². The first-order valence-corrected chi connectivity index (χ1v) is 10.9. The number of sulfonamides is 1. The van der Waals surface area contributed by atoms with Gasteiger partial charge in [0, 0.05) is 45.7 Å². The number of guanidine groups is 1. The summed E-state index contributed by atoms with van der Waals surface area (Å²) in [5.41, 5.74) is -5.25. The number of hydrogen-bond donors (Lipinski definition) is 3. The Morgan fingerprint density at radius 2 is 1.79 bits per heavy atom. The molecule has 0 bridgehead atoms. The number of rotatable bonds is 8. The van der Waals surface area contributed by atoms with Crippen LogP contribution in [0.25, 0.3) is 0 Å². The van der Waals surface area contributed by atoms with Crippen molar-refractivity contribution in [2.24, 2.45) is 10.9 Å². The molecule has 162 valence electrons. The molecule has 0 unspecified atom stereocenters. The van der Waals surface area contributed by atoms with Crippen molar-refractivity contribution in [2.75, 3.05) is 33.2 Å². The molecular formula is C16H28F3N5O3S. The number of nitrogens with one attached hydrogen (secondary N) is 3. The van der Waals surface area contributed by atoms with Gasteiger partial charge in [-0.3, -0.25) is 9.79 Å². The monoisotopic (exact) mass is 427 g/mol. The lowest BCUT2D eigenvalue weighted by Gasteiger charge is -2.31. The number of amides is 1. The van der Waals surface area contributed by atoms with Gasteiger partial charge in [-0.25, -0.2) is 8.42 Å². The average molecular weight is 427 g/mol. The zero-order valence-corrected chi connectivity index (χ0v) is 16.7. The molecule has 3 N–H and O–H groups in total. The van der Waals surface area contributed by atoms with Crippen LogP contribution in [0.3, 0.4) is 0 Å². The highest BCUT2D eigenvalue weighted by Gasteiger charge is 2.50. The van der Waals surface area contributed by atoms with Crippen LogP contribution >= 0.6 is 0 Å². The number of carbonyl (C=O) groups excluding carboxylic acids is 1. The van der Waals surface area contributed by atoms with E-state index in [1.807, 2.05) is 0 Å². The van der Waals surface area contributed by atoms with Gasteiger partial charge in [0.05, 0.1) is 0 Å². The SMILES string of the molecule is CN=C(NCCCC(=O)NC1CC1)NCC1CCN(S(=O)(=O)C(F)(F)F)CC1. The molecular weight excluding hydrogens is 399 g/mol. The number of halogens is 3. The highest BCUT2D eigenvalue weighted by molar-refractivity contribution is 7.90. The Bertz CT molecular complexity index is 657. The fourth-order valence-corrected chi connectivity index (χ4v) is 3.93. The van der Waals surface area contributed by atoms with Crippen molar-refractivity contribution < 1.29 is 26.4 Å². The maximum Gasteiger partial charge on any atom is 0.511 e. The highest BCUT2D eigenvalue weighted by atomic mass is 32.2. The van der Waals surface area contributed by atoms with Gasteiger partial charge in [-0.2, -0.15) is 17.5 Å². The van der Waals surface area contributed by atoms with Crippen LogP contribution in [-0.2, 0) is 14.8 Å². The molecule has 1 heterocycles. The van der Waals surface area contributed by atoms with E-state index >= 15 is 0 Å². The largest absolute Gasteiger partial charge is 0.511 e. The molecule has 1 amide bonds. The van der Waals surface area contributed by atoms with Gasteiger partial charge >= 0.3 is 15.5 Å². The average Bonchev–Trinajstić information content (AvgIpc) is 3.44. The molecule has 2 aliphatic rings. The first kappa shape index (κ1) is 22.7. The molecule has 28 heavy (non-hydrogen) atoms. The summed E-state index contributed by atoms with van der Waals surface area (Å²) in [5, 5.41) is 9.11. The summed E-state index contributed by atoms with van der Waals surface area (Å²) in [4.78, 5) is 15.7. The smallest absolute Gasteiger partial charge is 0.356 e. The standard InChI is InChI=1S/C16H28F3N5O3S/c1-20-15(21-8-2-3-14(25)23-13-4-5-13)22-11-12-6-9-24(10-7-12)28(26,27)16(17,18)19/h12-13H,2-11H2,1H3,(H,23,25)(H2,20,21,22).